The zero-order valence-electron chi connectivity index (χ0n) is 17.0. The van der Waals surface area contributed by atoms with Crippen LogP contribution in [-0.2, 0) is 14.4 Å². The lowest BCUT2D eigenvalue weighted by Crippen LogP contribution is -2.58. The number of thioether (sulfide) groups is 1. The molecule has 2 aliphatic rings. The summed E-state index contributed by atoms with van der Waals surface area (Å²) in [7, 11) is 0. The second kappa shape index (κ2) is 8.07. The van der Waals surface area contributed by atoms with Crippen molar-refractivity contribution in [3.05, 3.63) is 41.4 Å². The lowest BCUT2D eigenvalue weighted by Gasteiger charge is -2.46. The molecule has 2 heterocycles. The highest BCUT2D eigenvalue weighted by atomic mass is 32.2. The Hall–Kier alpha value is -2.15. The first-order valence-electron chi connectivity index (χ1n) is 9.69. The molecule has 2 N–H and O–H groups in total. The third-order valence-electron chi connectivity index (χ3n) is 4.85. The molecule has 2 aliphatic heterocycles. The molecule has 2 amide bonds. The molecule has 0 spiro atoms. The van der Waals surface area contributed by atoms with Gasteiger partial charge in [0.2, 0.25) is 5.91 Å². The van der Waals surface area contributed by atoms with Gasteiger partial charge in [-0.15, -0.1) is 0 Å². The zero-order valence-corrected chi connectivity index (χ0v) is 17.8. The number of rotatable bonds is 3. The monoisotopic (exact) mass is 403 g/mol. The minimum Gasteiger partial charge on any atom is -0.444 e. The highest BCUT2D eigenvalue weighted by Gasteiger charge is 2.48. The highest BCUT2D eigenvalue weighted by molar-refractivity contribution is 8.03. The molecule has 0 aliphatic carbocycles. The number of benzene rings is 1. The summed E-state index contributed by atoms with van der Waals surface area (Å²) in [4.78, 5) is 25.6. The van der Waals surface area contributed by atoms with Crippen LogP contribution >= 0.6 is 11.8 Å². The van der Waals surface area contributed by atoms with Gasteiger partial charge in [0.05, 0.1) is 6.04 Å². The number of hydrogen-bond donors (Lipinski definition) is 2. The molecule has 1 fully saturated rings. The van der Waals surface area contributed by atoms with Gasteiger partial charge >= 0.3 is 6.09 Å². The van der Waals surface area contributed by atoms with Gasteiger partial charge in [0.15, 0.2) is 0 Å². The van der Waals surface area contributed by atoms with E-state index >= 15 is 0 Å². The predicted molar refractivity (Wildman–Crippen MR) is 113 cm³/mol. The Morgan fingerprint density at radius 3 is 2.54 bits per heavy atom. The molecule has 28 heavy (non-hydrogen) atoms. The summed E-state index contributed by atoms with van der Waals surface area (Å²) in [6.45, 7) is 7.86. The number of carbonyl (C=O) groups excluding carboxylic acids is 2. The van der Waals surface area contributed by atoms with Crippen LogP contribution in [0.2, 0.25) is 0 Å². The third-order valence-corrected chi connectivity index (χ3v) is 6.12. The van der Waals surface area contributed by atoms with Gasteiger partial charge in [0.25, 0.3) is 0 Å². The lowest BCUT2D eigenvalue weighted by atomic mass is 9.90. The quantitative estimate of drug-likeness (QED) is 0.783. The zero-order chi connectivity index (χ0) is 20.4. The number of anilines is 1. The average Bonchev–Trinajstić information content (AvgIpc) is 3.11. The molecule has 1 aromatic carbocycles. The summed E-state index contributed by atoms with van der Waals surface area (Å²) in [5.41, 5.74) is 1.30. The van der Waals surface area contributed by atoms with Crippen molar-refractivity contribution in [2.24, 2.45) is 0 Å². The minimum atomic E-state index is -0.527. The predicted octanol–water partition coefficient (Wildman–Crippen LogP) is 4.40. The molecule has 0 aromatic heterocycles. The summed E-state index contributed by atoms with van der Waals surface area (Å²) >= 11 is 1.68. The van der Waals surface area contributed by atoms with Crippen molar-refractivity contribution in [3.63, 3.8) is 0 Å². The van der Waals surface area contributed by atoms with Gasteiger partial charge in [-0.05, 0) is 63.1 Å². The van der Waals surface area contributed by atoms with Crippen LogP contribution < -0.4 is 10.6 Å². The first kappa shape index (κ1) is 20.6. The van der Waals surface area contributed by atoms with Crippen LogP contribution in [0.5, 0.6) is 0 Å². The van der Waals surface area contributed by atoms with Gasteiger partial charge in [-0.3, -0.25) is 4.79 Å². The van der Waals surface area contributed by atoms with E-state index in [4.69, 9.17) is 4.74 Å². The van der Waals surface area contributed by atoms with E-state index in [1.807, 2.05) is 61.5 Å². The van der Waals surface area contributed by atoms with Gasteiger partial charge in [-0.1, -0.05) is 23.9 Å². The van der Waals surface area contributed by atoms with Crippen LogP contribution in [0.1, 0.15) is 52.5 Å². The van der Waals surface area contributed by atoms with Crippen molar-refractivity contribution in [2.45, 2.75) is 63.5 Å². The smallest absolute Gasteiger partial charge is 0.410 e. The van der Waals surface area contributed by atoms with E-state index in [-0.39, 0.29) is 18.0 Å². The van der Waals surface area contributed by atoms with Gasteiger partial charge in [-0.2, -0.15) is 0 Å². The second-order valence-corrected chi connectivity index (χ2v) is 9.40. The standard InChI is InChI=1S/C21H29N3O3S/c1-15(25)23-17-10-8-16(9-11-17)21(22-12-14-28-21)18-7-5-6-13-24(18)19(26)27-20(2,3)4/h8-12,14,18,22H,5-7,13H2,1-4H3,(H,23,25)/t18-,21?/m1/s1. The maximum Gasteiger partial charge on any atom is 0.410 e. The Morgan fingerprint density at radius 1 is 1.25 bits per heavy atom. The summed E-state index contributed by atoms with van der Waals surface area (Å²) in [5, 5.41) is 8.34. The number of nitrogens with zero attached hydrogens (tertiary/aromatic N) is 1. The van der Waals surface area contributed by atoms with Gasteiger partial charge < -0.3 is 20.3 Å². The lowest BCUT2D eigenvalue weighted by molar-refractivity contribution is -0.114. The highest BCUT2D eigenvalue weighted by Crippen LogP contribution is 2.46. The van der Waals surface area contributed by atoms with E-state index in [0.717, 1.165) is 30.5 Å². The largest absolute Gasteiger partial charge is 0.444 e. The third kappa shape index (κ3) is 4.46. The minimum absolute atomic E-state index is 0.0392. The number of nitrogens with one attached hydrogen (secondary N) is 2. The Bertz CT molecular complexity index is 747. The number of ether oxygens (including phenoxy) is 1. The Labute approximate surface area is 171 Å². The number of piperidine rings is 1. The first-order valence-corrected chi connectivity index (χ1v) is 10.6. The number of hydrogen-bond acceptors (Lipinski definition) is 5. The fourth-order valence-electron chi connectivity index (χ4n) is 3.75. The maximum atomic E-state index is 12.9. The van der Waals surface area contributed by atoms with E-state index in [1.54, 1.807) is 11.8 Å². The SMILES string of the molecule is CC(=O)Nc1ccc(C2([C@H]3CCCCN3C(=O)OC(C)(C)C)NC=CS2)cc1. The molecule has 0 bridgehead atoms. The van der Waals surface area contributed by atoms with Crippen molar-refractivity contribution in [2.75, 3.05) is 11.9 Å². The van der Waals surface area contributed by atoms with Crippen LogP contribution in [-0.4, -0.2) is 35.1 Å². The maximum absolute atomic E-state index is 12.9. The van der Waals surface area contributed by atoms with Crippen LogP contribution in [0.3, 0.4) is 0 Å². The number of carbonyl (C=O) groups is 2. The van der Waals surface area contributed by atoms with Crippen molar-refractivity contribution >= 4 is 29.4 Å². The molecule has 0 radical (unpaired) electrons. The van der Waals surface area contributed by atoms with Crippen molar-refractivity contribution < 1.29 is 14.3 Å². The molecule has 1 saturated heterocycles. The van der Waals surface area contributed by atoms with Crippen LogP contribution in [0.25, 0.3) is 0 Å². The molecule has 152 valence electrons. The number of likely N-dealkylation sites (tertiary alicyclic amines) is 1. The summed E-state index contributed by atoms with van der Waals surface area (Å²) < 4.78 is 5.69. The van der Waals surface area contributed by atoms with Gasteiger partial charge in [0, 0.05) is 25.4 Å². The van der Waals surface area contributed by atoms with Crippen molar-refractivity contribution in [1.82, 2.24) is 10.2 Å². The van der Waals surface area contributed by atoms with Gasteiger partial charge in [-0.25, -0.2) is 4.79 Å². The van der Waals surface area contributed by atoms with E-state index in [2.05, 4.69) is 10.6 Å². The van der Waals surface area contributed by atoms with E-state index in [9.17, 15) is 9.59 Å². The summed E-state index contributed by atoms with van der Waals surface area (Å²) in [6.07, 6.45) is 4.62. The summed E-state index contributed by atoms with van der Waals surface area (Å²) in [5.74, 6) is -0.0964. The first-order chi connectivity index (χ1) is 13.2. The molecule has 2 atom stereocenters. The van der Waals surface area contributed by atoms with Crippen LogP contribution in [0, 0.1) is 0 Å². The molecular formula is C21H29N3O3S. The summed E-state index contributed by atoms with van der Waals surface area (Å²) in [6, 6.07) is 7.79. The molecule has 0 saturated carbocycles. The molecule has 7 heteroatoms. The number of amides is 2. The topological polar surface area (TPSA) is 70.7 Å². The Balaban J connectivity index is 1.90. The average molecular weight is 404 g/mol. The normalized spacial score (nSPS) is 24.6. The Kier molecular flexibility index (Phi) is 5.93. The molecular weight excluding hydrogens is 374 g/mol. The van der Waals surface area contributed by atoms with Gasteiger partial charge in [0.1, 0.15) is 10.5 Å². The van der Waals surface area contributed by atoms with E-state index < -0.39 is 10.5 Å². The van der Waals surface area contributed by atoms with Crippen molar-refractivity contribution in [3.8, 4) is 0 Å². The van der Waals surface area contributed by atoms with E-state index in [0.29, 0.717) is 6.54 Å². The fraction of sp³-hybridized carbons (Fsp3) is 0.524. The molecule has 1 aromatic rings. The molecule has 3 rings (SSSR count). The fourth-order valence-corrected chi connectivity index (χ4v) is 4.91. The van der Waals surface area contributed by atoms with E-state index in [1.165, 1.54) is 6.92 Å². The molecule has 6 nitrogen and oxygen atoms in total. The van der Waals surface area contributed by atoms with Crippen molar-refractivity contribution in [1.29, 1.82) is 0 Å². The second-order valence-electron chi connectivity index (χ2n) is 8.24. The molecule has 1 unspecified atom stereocenters. The van der Waals surface area contributed by atoms with Crippen LogP contribution in [0.15, 0.2) is 35.9 Å². The Morgan fingerprint density at radius 2 is 1.96 bits per heavy atom. The van der Waals surface area contributed by atoms with Crippen LogP contribution in [0.4, 0.5) is 10.5 Å².